The molecule has 24 heavy (non-hydrogen) atoms. The van der Waals surface area contributed by atoms with Crippen LogP contribution in [0.1, 0.15) is 29.2 Å². The second kappa shape index (κ2) is 9.34. The second-order valence-corrected chi connectivity index (χ2v) is 5.46. The van der Waals surface area contributed by atoms with Gasteiger partial charge in [-0.05, 0) is 35.6 Å². The maximum atomic E-state index is 10.1. The van der Waals surface area contributed by atoms with E-state index in [0.717, 1.165) is 11.6 Å². The topological polar surface area (TPSA) is 49.3 Å². The van der Waals surface area contributed by atoms with Gasteiger partial charge < -0.3 is 5.11 Å². The first-order valence-corrected chi connectivity index (χ1v) is 7.91. The van der Waals surface area contributed by atoms with Crippen LogP contribution in [-0.2, 0) is 11.2 Å². The number of carbonyl (C=O) groups is 1. The normalized spacial score (nSPS) is 15.2. The van der Waals surface area contributed by atoms with Gasteiger partial charge in [-0.1, -0.05) is 60.5 Å². The number of aliphatic carboxylic acids is 1. The molecule has 0 bridgehead atoms. The van der Waals surface area contributed by atoms with Crippen LogP contribution in [0, 0.1) is 12.3 Å². The summed E-state index contributed by atoms with van der Waals surface area (Å²) in [6, 6.07) is 18.4. The maximum Gasteiger partial charge on any atom is 0.328 e. The lowest BCUT2D eigenvalue weighted by Gasteiger charge is -2.10. The van der Waals surface area contributed by atoms with Gasteiger partial charge in [-0.2, -0.15) is 0 Å². The van der Waals surface area contributed by atoms with Crippen LogP contribution >= 0.6 is 0 Å². The molecule has 0 aliphatic heterocycles. The number of hydrogen-bond acceptors (Lipinski definition) is 2. The lowest BCUT2D eigenvalue weighted by atomic mass is 10.1. The van der Waals surface area contributed by atoms with Crippen molar-refractivity contribution in [2.24, 2.45) is 0 Å². The fourth-order valence-corrected chi connectivity index (χ4v) is 2.68. The Hall–Kier alpha value is -2.83. The van der Waals surface area contributed by atoms with E-state index in [1.807, 2.05) is 30.3 Å². The molecule has 1 aliphatic carbocycles. The molecule has 0 radical (unpaired) electrons. The zero-order chi connectivity index (χ0) is 17.2. The van der Waals surface area contributed by atoms with Crippen molar-refractivity contribution in [3.63, 3.8) is 0 Å². The van der Waals surface area contributed by atoms with Crippen LogP contribution in [0.25, 0.3) is 6.08 Å². The van der Waals surface area contributed by atoms with Crippen LogP contribution in [0.3, 0.4) is 0 Å². The number of aryl methyl sites for hydroxylation is 1. The smallest absolute Gasteiger partial charge is 0.328 e. The van der Waals surface area contributed by atoms with Gasteiger partial charge in [0, 0.05) is 12.1 Å². The van der Waals surface area contributed by atoms with Crippen LogP contribution in [0.4, 0.5) is 0 Å². The lowest BCUT2D eigenvalue weighted by Crippen LogP contribution is -2.19. The molecule has 0 saturated carbocycles. The minimum absolute atomic E-state index is 0.479. The van der Waals surface area contributed by atoms with E-state index in [1.165, 1.54) is 24.0 Å². The predicted molar refractivity (Wildman–Crippen MR) is 97.5 cm³/mol. The molecule has 122 valence electrons. The number of rotatable bonds is 4. The Labute approximate surface area is 143 Å². The number of carboxylic acid groups (broad SMARTS) is 1. The standard InChI is InChI=1S/C12H13N.C9H8O2/c1-2-9-13-12-8-7-10-5-3-4-6-11(10)12;10-9(11)7-6-8-4-2-1-3-5-8/h1,3-6,12-13H,7-9H2;1-7H,(H,10,11)/b;7-6+/t12-;/m1./s1. The van der Waals surface area contributed by atoms with Gasteiger partial charge in [0.1, 0.15) is 0 Å². The molecule has 0 unspecified atom stereocenters. The van der Waals surface area contributed by atoms with Crippen LogP contribution in [0.5, 0.6) is 0 Å². The highest BCUT2D eigenvalue weighted by molar-refractivity contribution is 5.85. The van der Waals surface area contributed by atoms with Gasteiger partial charge >= 0.3 is 5.97 Å². The Morgan fingerprint density at radius 1 is 1.21 bits per heavy atom. The van der Waals surface area contributed by atoms with Gasteiger partial charge in [-0.25, -0.2) is 4.79 Å². The Balaban J connectivity index is 0.000000177. The molecule has 3 heteroatoms. The van der Waals surface area contributed by atoms with Crippen molar-refractivity contribution in [3.8, 4) is 12.3 Å². The van der Waals surface area contributed by atoms with E-state index in [-0.39, 0.29) is 0 Å². The highest BCUT2D eigenvalue weighted by Gasteiger charge is 2.20. The van der Waals surface area contributed by atoms with Crippen molar-refractivity contribution < 1.29 is 9.90 Å². The minimum atomic E-state index is -0.922. The van der Waals surface area contributed by atoms with Crippen molar-refractivity contribution in [3.05, 3.63) is 77.4 Å². The molecule has 1 atom stereocenters. The molecule has 2 N–H and O–H groups in total. The molecule has 2 aromatic carbocycles. The number of nitrogens with one attached hydrogen (secondary N) is 1. The Kier molecular flexibility index (Phi) is 6.82. The molecule has 0 aromatic heterocycles. The van der Waals surface area contributed by atoms with Gasteiger partial charge in [0.25, 0.3) is 0 Å². The summed E-state index contributed by atoms with van der Waals surface area (Å²) in [6.45, 7) is 0.666. The highest BCUT2D eigenvalue weighted by Crippen LogP contribution is 2.30. The summed E-state index contributed by atoms with van der Waals surface area (Å²) in [5.41, 5.74) is 3.80. The molecule has 0 saturated heterocycles. The summed E-state index contributed by atoms with van der Waals surface area (Å²) in [4.78, 5) is 10.1. The molecular formula is C21H21NO2. The molecule has 1 aliphatic rings. The van der Waals surface area contributed by atoms with Crippen molar-refractivity contribution >= 4 is 12.0 Å². The molecule has 0 spiro atoms. The van der Waals surface area contributed by atoms with Crippen molar-refractivity contribution in [2.45, 2.75) is 18.9 Å². The summed E-state index contributed by atoms with van der Waals surface area (Å²) in [5.74, 6) is 1.69. The average molecular weight is 319 g/mol. The third-order valence-electron chi connectivity index (χ3n) is 3.80. The van der Waals surface area contributed by atoms with Crippen molar-refractivity contribution in [1.29, 1.82) is 0 Å². The number of fused-ring (bicyclic) bond motifs is 1. The lowest BCUT2D eigenvalue weighted by molar-refractivity contribution is -0.131. The fraction of sp³-hybridized carbons (Fsp3) is 0.190. The Bertz CT molecular complexity index is 729. The molecule has 3 nitrogen and oxygen atoms in total. The number of carboxylic acids is 1. The van der Waals surface area contributed by atoms with E-state index in [2.05, 4.69) is 35.5 Å². The van der Waals surface area contributed by atoms with Gasteiger partial charge in [-0.3, -0.25) is 5.32 Å². The van der Waals surface area contributed by atoms with Crippen LogP contribution in [0.15, 0.2) is 60.7 Å². The molecule has 2 aromatic rings. The summed E-state index contributed by atoms with van der Waals surface area (Å²) >= 11 is 0. The zero-order valence-corrected chi connectivity index (χ0v) is 13.5. The minimum Gasteiger partial charge on any atom is -0.478 e. The van der Waals surface area contributed by atoms with E-state index in [4.69, 9.17) is 11.5 Å². The van der Waals surface area contributed by atoms with E-state index >= 15 is 0 Å². The second-order valence-electron chi connectivity index (χ2n) is 5.46. The van der Waals surface area contributed by atoms with Crippen LogP contribution in [0.2, 0.25) is 0 Å². The molecule has 0 fully saturated rings. The summed E-state index contributed by atoms with van der Waals surface area (Å²) in [6.07, 6.45) is 10.3. The van der Waals surface area contributed by atoms with E-state index in [0.29, 0.717) is 12.6 Å². The SMILES string of the molecule is C#CCN[C@@H]1CCc2ccccc21.O=C(O)/C=C/c1ccccc1. The fourth-order valence-electron chi connectivity index (χ4n) is 2.68. The van der Waals surface area contributed by atoms with Gasteiger partial charge in [0.05, 0.1) is 6.54 Å². The van der Waals surface area contributed by atoms with Crippen molar-refractivity contribution in [1.82, 2.24) is 5.32 Å². The Morgan fingerprint density at radius 3 is 2.62 bits per heavy atom. The first-order valence-electron chi connectivity index (χ1n) is 7.91. The monoisotopic (exact) mass is 319 g/mol. The molecular weight excluding hydrogens is 298 g/mol. The summed E-state index contributed by atoms with van der Waals surface area (Å²) in [5, 5.41) is 11.6. The summed E-state index contributed by atoms with van der Waals surface area (Å²) < 4.78 is 0. The number of hydrogen-bond donors (Lipinski definition) is 2. The van der Waals surface area contributed by atoms with Gasteiger partial charge in [0.15, 0.2) is 0 Å². The zero-order valence-electron chi connectivity index (χ0n) is 13.5. The molecule has 0 amide bonds. The van der Waals surface area contributed by atoms with Gasteiger partial charge in [-0.15, -0.1) is 6.42 Å². The third kappa shape index (κ3) is 5.42. The first kappa shape index (κ1) is 17.5. The largest absolute Gasteiger partial charge is 0.478 e. The number of benzene rings is 2. The number of terminal acetylenes is 1. The first-order chi connectivity index (χ1) is 11.7. The van der Waals surface area contributed by atoms with E-state index in [1.54, 1.807) is 6.08 Å². The van der Waals surface area contributed by atoms with E-state index < -0.39 is 5.97 Å². The van der Waals surface area contributed by atoms with E-state index in [9.17, 15) is 4.79 Å². The quantitative estimate of drug-likeness (QED) is 0.667. The van der Waals surface area contributed by atoms with Crippen molar-refractivity contribution in [2.75, 3.05) is 6.54 Å². The molecule has 3 rings (SSSR count). The summed E-state index contributed by atoms with van der Waals surface area (Å²) in [7, 11) is 0. The average Bonchev–Trinajstić information content (AvgIpc) is 3.03. The third-order valence-corrected chi connectivity index (χ3v) is 3.80. The Morgan fingerprint density at radius 2 is 1.92 bits per heavy atom. The molecule has 0 heterocycles. The van der Waals surface area contributed by atoms with Gasteiger partial charge in [0.2, 0.25) is 0 Å². The van der Waals surface area contributed by atoms with Crippen LogP contribution in [-0.4, -0.2) is 17.6 Å². The maximum absolute atomic E-state index is 10.1. The highest BCUT2D eigenvalue weighted by atomic mass is 16.4. The van der Waals surface area contributed by atoms with Crippen LogP contribution < -0.4 is 5.32 Å². The predicted octanol–water partition coefficient (Wildman–Crippen LogP) is 3.68.